The SMILES string of the molecule is O=C(O)C(=O)O.O=C(O)C(=O)O.O=C1C=CC=C/C1=C\NNC(=S)/N=C/c1ccccc1O.O=C1C=CC=C/C1=C\NNC(=S)/N=C/c1ccccc1O.[Fe].[Fe]. The summed E-state index contributed by atoms with van der Waals surface area (Å²) in [5, 5.41) is 49.1. The Kier molecular flexibility index (Phi) is 26.6. The van der Waals surface area contributed by atoms with Crippen molar-refractivity contribution < 1.29 is 93.5 Å². The van der Waals surface area contributed by atoms with E-state index >= 15 is 0 Å². The van der Waals surface area contributed by atoms with E-state index in [9.17, 15) is 19.8 Å². The Hall–Kier alpha value is -6.54. The molecule has 10 N–H and O–H groups in total. The summed E-state index contributed by atoms with van der Waals surface area (Å²) in [6.45, 7) is 0. The zero-order valence-electron chi connectivity index (χ0n) is 28.1. The molecule has 2 aliphatic rings. The van der Waals surface area contributed by atoms with Gasteiger partial charge >= 0.3 is 23.9 Å². The fourth-order valence-corrected chi connectivity index (χ4v) is 3.29. The van der Waals surface area contributed by atoms with Crippen LogP contribution in [-0.2, 0) is 62.9 Å². The number of carboxylic acid groups (broad SMARTS) is 4. The van der Waals surface area contributed by atoms with Crippen molar-refractivity contribution in [1.29, 1.82) is 0 Å². The van der Waals surface area contributed by atoms with Gasteiger partial charge in [-0.25, -0.2) is 29.2 Å². The number of phenols is 2. The summed E-state index contributed by atoms with van der Waals surface area (Å²) in [5.74, 6) is -7.21. The van der Waals surface area contributed by atoms with Crippen molar-refractivity contribution in [2.24, 2.45) is 9.98 Å². The van der Waals surface area contributed by atoms with Crippen LogP contribution in [0.5, 0.6) is 11.5 Å². The number of nitrogens with zero attached hydrogens (tertiary/aromatic N) is 2. The van der Waals surface area contributed by atoms with Gasteiger partial charge in [0, 0.05) is 81.2 Å². The molecule has 56 heavy (non-hydrogen) atoms. The number of aliphatic carboxylic acids is 4. The van der Waals surface area contributed by atoms with Crippen LogP contribution < -0.4 is 21.7 Å². The Morgan fingerprint density at radius 1 is 0.536 bits per heavy atom. The van der Waals surface area contributed by atoms with Crippen molar-refractivity contribution in [3.8, 4) is 11.5 Å². The Morgan fingerprint density at radius 3 is 1.12 bits per heavy atom. The number of carboxylic acids is 4. The monoisotopic (exact) mass is 890 g/mol. The summed E-state index contributed by atoms with van der Waals surface area (Å²) in [4.78, 5) is 67.3. The second-order valence-corrected chi connectivity index (χ2v) is 10.1. The predicted octanol–water partition coefficient (Wildman–Crippen LogP) is 1.84. The number of rotatable bonds is 6. The van der Waals surface area contributed by atoms with E-state index < -0.39 is 23.9 Å². The van der Waals surface area contributed by atoms with Gasteiger partial charge in [0.2, 0.25) is 10.2 Å². The van der Waals surface area contributed by atoms with Gasteiger partial charge in [-0.1, -0.05) is 48.6 Å². The number of benzene rings is 2. The number of aliphatic imine (C=N–C) groups is 2. The molecule has 296 valence electrons. The third-order valence-corrected chi connectivity index (χ3v) is 5.95. The molecular weight excluding hydrogens is 860 g/mol. The second-order valence-electron chi connectivity index (χ2n) is 9.37. The third kappa shape index (κ3) is 22.5. The van der Waals surface area contributed by atoms with Crippen LogP contribution in [0.25, 0.3) is 0 Å². The largest absolute Gasteiger partial charge is 0.507 e. The number of hydrogen-bond acceptors (Lipinski definition) is 12. The van der Waals surface area contributed by atoms with E-state index in [1.807, 2.05) is 0 Å². The molecule has 2 aromatic rings. The minimum absolute atomic E-state index is 0. The molecule has 2 aromatic carbocycles. The smallest absolute Gasteiger partial charge is 0.414 e. The predicted molar refractivity (Wildman–Crippen MR) is 202 cm³/mol. The van der Waals surface area contributed by atoms with Gasteiger partial charge in [0.1, 0.15) is 11.5 Å². The van der Waals surface area contributed by atoms with E-state index in [1.54, 1.807) is 85.0 Å². The standard InChI is InChI=1S/2C15H13N3O2S.2C2H2O4.2Fe/c2*19-13-7-3-1-5-11(13)9-16-15(21)18-17-10-12-6-2-4-8-14(12)20;2*3-1(4)2(5)6;;/h2*1-10,17,19H,(H,18,21);2*(H,3,4)(H,5,6);;/b2*12-10+,16-9+;;;;. The fourth-order valence-electron chi connectivity index (χ4n) is 3.06. The average Bonchev–Trinajstić information content (AvgIpc) is 3.13. The van der Waals surface area contributed by atoms with Gasteiger partial charge in [0.25, 0.3) is 0 Å². The summed E-state index contributed by atoms with van der Waals surface area (Å²) in [6.07, 6.45) is 19.1. The van der Waals surface area contributed by atoms with Crippen LogP contribution in [0.4, 0.5) is 0 Å². The Morgan fingerprint density at radius 2 is 0.839 bits per heavy atom. The van der Waals surface area contributed by atoms with Gasteiger partial charge < -0.3 is 41.5 Å². The van der Waals surface area contributed by atoms with Gasteiger partial charge in [-0.2, -0.15) is 0 Å². The second kappa shape index (κ2) is 28.9. The molecule has 4 rings (SSSR count). The Bertz CT molecular complexity index is 1850. The summed E-state index contributed by atoms with van der Waals surface area (Å²) >= 11 is 9.99. The normalized spacial score (nSPS) is 13.3. The van der Waals surface area contributed by atoms with Gasteiger partial charge in [0.15, 0.2) is 11.6 Å². The number of aromatic hydroxyl groups is 2. The zero-order valence-corrected chi connectivity index (χ0v) is 31.9. The number of carbonyl (C=O) groups excluding carboxylic acids is 2. The molecule has 0 aromatic heterocycles. The maximum atomic E-state index is 11.5. The number of thiocarbonyl (C=S) groups is 2. The van der Waals surface area contributed by atoms with E-state index in [2.05, 4.69) is 31.7 Å². The Labute approximate surface area is 349 Å². The van der Waals surface area contributed by atoms with Crippen LogP contribution in [0.1, 0.15) is 11.1 Å². The molecule has 0 saturated carbocycles. The van der Waals surface area contributed by atoms with Crippen molar-refractivity contribution in [1.82, 2.24) is 21.7 Å². The van der Waals surface area contributed by atoms with E-state index in [-0.39, 0.29) is 67.4 Å². The van der Waals surface area contributed by atoms with E-state index in [4.69, 9.17) is 64.0 Å². The first kappa shape index (κ1) is 51.6. The number of hydrogen-bond donors (Lipinski definition) is 10. The van der Waals surface area contributed by atoms with Crippen LogP contribution in [0.15, 0.2) is 131 Å². The molecule has 0 fully saturated rings. The first-order valence-electron chi connectivity index (χ1n) is 14.5. The van der Waals surface area contributed by atoms with Crippen LogP contribution in [0, 0.1) is 0 Å². The van der Waals surface area contributed by atoms with Crippen LogP contribution in [-0.4, -0.2) is 88.7 Å². The molecule has 22 heteroatoms. The third-order valence-electron chi connectivity index (χ3n) is 5.53. The Balaban J connectivity index is 0. The van der Waals surface area contributed by atoms with E-state index in [0.29, 0.717) is 22.3 Å². The zero-order chi connectivity index (χ0) is 40.5. The molecule has 0 spiro atoms. The van der Waals surface area contributed by atoms with E-state index in [1.165, 1.54) is 37.0 Å². The number of carbonyl (C=O) groups is 6. The fraction of sp³-hybridized carbons (Fsp3) is 0. The molecule has 0 bridgehead atoms. The number of allylic oxidation sites excluding steroid dienone is 10. The molecule has 0 amide bonds. The number of hydrazine groups is 2. The first-order chi connectivity index (χ1) is 25.6. The van der Waals surface area contributed by atoms with Crippen molar-refractivity contribution in [3.63, 3.8) is 0 Å². The molecule has 0 saturated heterocycles. The van der Waals surface area contributed by atoms with Crippen LogP contribution in [0.2, 0.25) is 0 Å². The number of nitrogens with one attached hydrogen (secondary N) is 4. The van der Waals surface area contributed by atoms with Crippen molar-refractivity contribution in [2.45, 2.75) is 0 Å². The average molecular weight is 890 g/mol. The molecule has 0 aliphatic heterocycles. The quantitative estimate of drug-likeness (QED) is 0.0494. The van der Waals surface area contributed by atoms with Crippen molar-refractivity contribution >= 4 is 82.5 Å². The van der Waals surface area contributed by atoms with Crippen LogP contribution >= 0.6 is 24.4 Å². The van der Waals surface area contributed by atoms with Crippen LogP contribution in [0.3, 0.4) is 0 Å². The number of para-hydroxylation sites is 2. The van der Waals surface area contributed by atoms with Crippen molar-refractivity contribution in [2.75, 3.05) is 0 Å². The van der Waals surface area contributed by atoms with Gasteiger partial charge in [0.05, 0.1) is 0 Å². The first-order valence-corrected chi connectivity index (χ1v) is 15.3. The van der Waals surface area contributed by atoms with Gasteiger partial charge in [-0.3, -0.25) is 20.4 Å². The minimum atomic E-state index is -1.82. The number of ketones is 2. The topological polar surface area (TPSA) is 297 Å². The molecule has 0 unspecified atom stereocenters. The van der Waals surface area contributed by atoms with Crippen molar-refractivity contribution in [3.05, 3.63) is 132 Å². The molecule has 18 nitrogen and oxygen atoms in total. The summed E-state index contributed by atoms with van der Waals surface area (Å²) in [6, 6.07) is 13.6. The minimum Gasteiger partial charge on any atom is -0.507 e. The summed E-state index contributed by atoms with van der Waals surface area (Å²) in [7, 11) is 0. The maximum absolute atomic E-state index is 11.5. The summed E-state index contributed by atoms with van der Waals surface area (Å²) < 4.78 is 0. The molecule has 0 heterocycles. The molecule has 0 radical (unpaired) electrons. The molecule has 0 atom stereocenters. The summed E-state index contributed by atoms with van der Waals surface area (Å²) in [5.41, 5.74) is 12.9. The molecular formula is C34H30Fe2N6O12S2. The maximum Gasteiger partial charge on any atom is 0.414 e. The van der Waals surface area contributed by atoms with Gasteiger partial charge in [-0.05, 0) is 73.0 Å². The van der Waals surface area contributed by atoms with Gasteiger partial charge in [-0.15, -0.1) is 0 Å². The molecule has 2 aliphatic carbocycles. The van der Waals surface area contributed by atoms with E-state index in [0.717, 1.165) is 0 Å². The number of phenolic OH excluding ortho intramolecular Hbond substituents is 2.